The Bertz CT molecular complexity index is 616. The summed E-state index contributed by atoms with van der Waals surface area (Å²) in [6.07, 6.45) is 12.4. The Kier molecular flexibility index (Phi) is 15.1. The van der Waals surface area contributed by atoms with Crippen LogP contribution >= 0.6 is 11.8 Å². The number of carboxylic acids is 1. The van der Waals surface area contributed by atoms with E-state index in [1.807, 2.05) is 0 Å². The van der Waals surface area contributed by atoms with Crippen LogP contribution in [-0.2, 0) is 9.59 Å². The minimum absolute atomic E-state index is 0.160. The molecule has 0 heterocycles. The van der Waals surface area contributed by atoms with Crippen LogP contribution in [0.5, 0.6) is 0 Å². The van der Waals surface area contributed by atoms with Gasteiger partial charge < -0.3 is 15.2 Å². The number of hydrogen-bond donors (Lipinski definition) is 2. The average Bonchev–Trinajstić information content (AvgIpc) is 2.63. The number of aldehydes is 1. The first-order valence-electron chi connectivity index (χ1n) is 10.3. The first-order chi connectivity index (χ1) is 13.6. The molecule has 0 aliphatic heterocycles. The summed E-state index contributed by atoms with van der Waals surface area (Å²) in [5.74, 6) is 0.189. The van der Waals surface area contributed by atoms with Crippen molar-refractivity contribution >= 4 is 24.0 Å². The predicted octanol–water partition coefficient (Wildman–Crippen LogP) is 5.92. The van der Waals surface area contributed by atoms with Crippen LogP contribution in [0.4, 0.5) is 0 Å². The Hall–Kier alpha value is -1.75. The molecule has 0 aliphatic rings. The molecule has 0 aromatic rings. The Morgan fingerprint density at radius 1 is 1.07 bits per heavy atom. The van der Waals surface area contributed by atoms with Crippen molar-refractivity contribution in [2.45, 2.75) is 72.8 Å². The van der Waals surface area contributed by atoms with E-state index in [-0.39, 0.29) is 5.92 Å². The molecule has 2 unspecified atom stereocenters. The van der Waals surface area contributed by atoms with Gasteiger partial charge in [-0.15, -0.1) is 0 Å². The summed E-state index contributed by atoms with van der Waals surface area (Å²) in [5, 5.41) is 12.3. The standard InChI is InChI=1S/C24H39NO3S/c1-18(2)9-7-10-19(3)11-8-12-20(4)13-14-29-17-23(24(27)28)25-22(6)15-21(5)16-26/h9,11,13,16,21,23,25H,6-8,10,12,14-15,17H2,1-5H3,(H,27,28)/b19-11+,20-13+. The smallest absolute Gasteiger partial charge is 0.326 e. The van der Waals surface area contributed by atoms with Crippen LogP contribution in [0.2, 0.25) is 0 Å². The second-order valence-corrected chi connectivity index (χ2v) is 9.03. The number of aliphatic carboxylic acids is 1. The summed E-state index contributed by atoms with van der Waals surface area (Å²) < 4.78 is 0. The van der Waals surface area contributed by atoms with Crippen molar-refractivity contribution in [2.75, 3.05) is 11.5 Å². The summed E-state index contributed by atoms with van der Waals surface area (Å²) in [7, 11) is 0. The molecule has 0 fully saturated rings. The molecule has 0 radical (unpaired) electrons. The van der Waals surface area contributed by atoms with Crippen LogP contribution in [0.1, 0.15) is 66.7 Å². The van der Waals surface area contributed by atoms with Crippen molar-refractivity contribution in [3.8, 4) is 0 Å². The van der Waals surface area contributed by atoms with Gasteiger partial charge in [0.15, 0.2) is 0 Å². The lowest BCUT2D eigenvalue weighted by molar-refractivity contribution is -0.138. The van der Waals surface area contributed by atoms with E-state index in [2.05, 4.69) is 57.8 Å². The summed E-state index contributed by atoms with van der Waals surface area (Å²) in [6, 6.07) is -0.688. The number of hydrogen-bond acceptors (Lipinski definition) is 4. The number of nitrogens with one attached hydrogen (secondary N) is 1. The second kappa shape index (κ2) is 16.1. The van der Waals surface area contributed by atoms with Crippen molar-refractivity contribution in [1.82, 2.24) is 5.32 Å². The minimum atomic E-state index is -0.896. The average molecular weight is 422 g/mol. The zero-order valence-electron chi connectivity index (χ0n) is 18.8. The van der Waals surface area contributed by atoms with Gasteiger partial charge in [0, 0.05) is 23.1 Å². The molecular weight excluding hydrogens is 382 g/mol. The van der Waals surface area contributed by atoms with Crippen LogP contribution in [0.15, 0.2) is 47.2 Å². The number of carboxylic acid groups (broad SMARTS) is 1. The monoisotopic (exact) mass is 421 g/mol. The Morgan fingerprint density at radius 2 is 1.66 bits per heavy atom. The molecule has 0 bridgehead atoms. The van der Waals surface area contributed by atoms with E-state index in [0.29, 0.717) is 17.9 Å². The number of carbonyl (C=O) groups is 2. The molecule has 164 valence electrons. The van der Waals surface area contributed by atoms with E-state index in [4.69, 9.17) is 0 Å². The third kappa shape index (κ3) is 15.8. The second-order valence-electron chi connectivity index (χ2n) is 7.95. The van der Waals surface area contributed by atoms with E-state index in [0.717, 1.165) is 37.7 Å². The van der Waals surface area contributed by atoms with E-state index in [1.54, 1.807) is 18.7 Å². The van der Waals surface area contributed by atoms with Gasteiger partial charge in [-0.3, -0.25) is 0 Å². The third-order valence-corrected chi connectivity index (χ3v) is 5.41. The molecule has 0 amide bonds. The summed E-state index contributed by atoms with van der Waals surface area (Å²) in [6.45, 7) is 14.2. The fourth-order valence-corrected chi connectivity index (χ4v) is 3.64. The fourth-order valence-electron chi connectivity index (χ4n) is 2.64. The van der Waals surface area contributed by atoms with Gasteiger partial charge in [0.1, 0.15) is 12.3 Å². The van der Waals surface area contributed by atoms with Gasteiger partial charge in [-0.2, -0.15) is 11.8 Å². The van der Waals surface area contributed by atoms with Crippen LogP contribution in [0.25, 0.3) is 0 Å². The van der Waals surface area contributed by atoms with Crippen molar-refractivity contribution in [2.24, 2.45) is 5.92 Å². The SMILES string of the molecule is C=C(CC(C)C=O)NC(CSC/C=C(\C)CC/C=C(\C)CCC=C(C)C)C(=O)O. The largest absolute Gasteiger partial charge is 0.480 e. The zero-order valence-corrected chi connectivity index (χ0v) is 19.6. The molecule has 0 rings (SSSR count). The lowest BCUT2D eigenvalue weighted by Gasteiger charge is -2.18. The minimum Gasteiger partial charge on any atom is -0.480 e. The van der Waals surface area contributed by atoms with Gasteiger partial charge in [-0.1, -0.05) is 48.5 Å². The van der Waals surface area contributed by atoms with Crippen molar-refractivity contribution in [1.29, 1.82) is 0 Å². The molecule has 29 heavy (non-hydrogen) atoms. The number of thioether (sulfide) groups is 1. The first kappa shape index (κ1) is 27.2. The van der Waals surface area contributed by atoms with E-state index in [9.17, 15) is 14.7 Å². The van der Waals surface area contributed by atoms with Crippen LogP contribution in [0.3, 0.4) is 0 Å². The van der Waals surface area contributed by atoms with Crippen LogP contribution in [-0.4, -0.2) is 34.9 Å². The van der Waals surface area contributed by atoms with Crippen molar-refractivity contribution in [3.63, 3.8) is 0 Å². The molecule has 0 saturated heterocycles. The van der Waals surface area contributed by atoms with Crippen molar-refractivity contribution < 1.29 is 14.7 Å². The lowest BCUT2D eigenvalue weighted by atomic mass is 10.1. The van der Waals surface area contributed by atoms with Gasteiger partial charge in [0.25, 0.3) is 0 Å². The van der Waals surface area contributed by atoms with E-state index >= 15 is 0 Å². The topological polar surface area (TPSA) is 66.4 Å². The van der Waals surface area contributed by atoms with Gasteiger partial charge in [-0.05, 0) is 59.8 Å². The highest BCUT2D eigenvalue weighted by Crippen LogP contribution is 2.14. The Morgan fingerprint density at radius 3 is 2.21 bits per heavy atom. The first-order valence-corrected chi connectivity index (χ1v) is 11.5. The fraction of sp³-hybridized carbons (Fsp3) is 0.583. The molecule has 4 nitrogen and oxygen atoms in total. The van der Waals surface area contributed by atoms with Gasteiger partial charge in [0.2, 0.25) is 0 Å². The maximum Gasteiger partial charge on any atom is 0.326 e. The number of allylic oxidation sites excluding steroid dienone is 6. The highest BCUT2D eigenvalue weighted by atomic mass is 32.2. The molecule has 0 aromatic carbocycles. The van der Waals surface area contributed by atoms with Crippen LogP contribution < -0.4 is 5.32 Å². The summed E-state index contributed by atoms with van der Waals surface area (Å²) in [5.41, 5.74) is 4.73. The van der Waals surface area contributed by atoms with Gasteiger partial charge in [0.05, 0.1) is 0 Å². The highest BCUT2D eigenvalue weighted by Gasteiger charge is 2.18. The van der Waals surface area contributed by atoms with Gasteiger partial charge >= 0.3 is 5.97 Å². The van der Waals surface area contributed by atoms with E-state index < -0.39 is 12.0 Å². The molecule has 0 aromatic heterocycles. The molecule has 0 aliphatic carbocycles. The third-order valence-electron chi connectivity index (χ3n) is 4.43. The zero-order chi connectivity index (χ0) is 22.2. The quantitative estimate of drug-likeness (QED) is 0.184. The molecule has 0 spiro atoms. The van der Waals surface area contributed by atoms with E-state index in [1.165, 1.54) is 16.7 Å². The van der Waals surface area contributed by atoms with Crippen LogP contribution in [0, 0.1) is 5.92 Å². The normalized spacial score (nSPS) is 14.1. The Labute approximate surface area is 181 Å². The molecular formula is C24H39NO3S. The maximum atomic E-state index is 11.4. The summed E-state index contributed by atoms with van der Waals surface area (Å²) in [4.78, 5) is 22.1. The molecule has 2 atom stereocenters. The highest BCUT2D eigenvalue weighted by molar-refractivity contribution is 7.99. The number of carbonyl (C=O) groups excluding carboxylic acids is 1. The molecule has 0 saturated carbocycles. The summed E-state index contributed by atoms with van der Waals surface area (Å²) >= 11 is 1.59. The maximum absolute atomic E-state index is 11.4. The predicted molar refractivity (Wildman–Crippen MR) is 126 cm³/mol. The lowest BCUT2D eigenvalue weighted by Crippen LogP contribution is -2.38. The molecule has 2 N–H and O–H groups in total. The van der Waals surface area contributed by atoms with Crippen molar-refractivity contribution in [3.05, 3.63) is 47.2 Å². The number of rotatable bonds is 16. The van der Waals surface area contributed by atoms with Gasteiger partial charge in [-0.25, -0.2) is 4.79 Å². The molecule has 5 heteroatoms. The Balaban J connectivity index is 4.23.